The molecule has 3 rings (SSSR count). The molecule has 0 N–H and O–H groups in total. The van der Waals surface area contributed by atoms with Crippen molar-refractivity contribution in [2.24, 2.45) is 0 Å². The van der Waals surface area contributed by atoms with Crippen molar-refractivity contribution in [2.45, 2.75) is 52.4 Å². The molecular formula is C20H23LiS3. The van der Waals surface area contributed by atoms with Gasteiger partial charge in [-0.3, -0.25) is 11.3 Å². The second-order valence-electron chi connectivity index (χ2n) is 5.82. The van der Waals surface area contributed by atoms with E-state index in [1.165, 1.54) is 58.0 Å². The van der Waals surface area contributed by atoms with Crippen LogP contribution in [0.15, 0.2) is 29.6 Å². The van der Waals surface area contributed by atoms with Crippen molar-refractivity contribution in [3.05, 3.63) is 46.2 Å². The van der Waals surface area contributed by atoms with Crippen LogP contribution in [-0.4, -0.2) is 0 Å². The number of hydrogen-bond acceptors (Lipinski definition) is 3. The molecule has 24 heavy (non-hydrogen) atoms. The SMILES string of the molecule is CCCCc1c(-c2cc[c-]s2)sc(-c2cccs2)c1CCCC.[Li+]. The molecule has 4 heteroatoms. The van der Waals surface area contributed by atoms with E-state index in [0.29, 0.717) is 0 Å². The normalized spacial score (nSPS) is 10.8. The number of hydrogen-bond donors (Lipinski definition) is 0. The van der Waals surface area contributed by atoms with Gasteiger partial charge in [-0.2, -0.15) is 12.1 Å². The van der Waals surface area contributed by atoms with Gasteiger partial charge in [-0.25, -0.2) is 0 Å². The van der Waals surface area contributed by atoms with Crippen molar-refractivity contribution >= 4 is 34.0 Å². The van der Waals surface area contributed by atoms with Crippen LogP contribution in [0.4, 0.5) is 0 Å². The quantitative estimate of drug-likeness (QED) is 0.401. The van der Waals surface area contributed by atoms with Gasteiger partial charge in [0, 0.05) is 9.75 Å². The van der Waals surface area contributed by atoms with E-state index in [2.05, 4.69) is 48.9 Å². The Hall–Kier alpha value is -0.303. The Morgan fingerprint density at radius 3 is 2.08 bits per heavy atom. The van der Waals surface area contributed by atoms with E-state index in [1.54, 1.807) is 22.5 Å². The summed E-state index contributed by atoms with van der Waals surface area (Å²) in [6.45, 7) is 4.58. The molecule has 0 fully saturated rings. The summed E-state index contributed by atoms with van der Waals surface area (Å²) < 4.78 is 0. The van der Waals surface area contributed by atoms with Gasteiger partial charge < -0.3 is 0 Å². The van der Waals surface area contributed by atoms with Crippen molar-refractivity contribution in [2.75, 3.05) is 0 Å². The average Bonchev–Trinajstić information content (AvgIpc) is 3.30. The fourth-order valence-electron chi connectivity index (χ4n) is 2.90. The predicted molar refractivity (Wildman–Crippen MR) is 107 cm³/mol. The van der Waals surface area contributed by atoms with Crippen LogP contribution in [0.3, 0.4) is 0 Å². The smallest absolute Gasteiger partial charge is 0.295 e. The van der Waals surface area contributed by atoms with Gasteiger partial charge in [0.25, 0.3) is 0 Å². The summed E-state index contributed by atoms with van der Waals surface area (Å²) in [7, 11) is 0. The summed E-state index contributed by atoms with van der Waals surface area (Å²) in [6.07, 6.45) is 7.51. The maximum atomic E-state index is 3.27. The number of rotatable bonds is 8. The molecule has 3 heterocycles. The minimum Gasteiger partial charge on any atom is -0.295 e. The van der Waals surface area contributed by atoms with Crippen molar-refractivity contribution in [1.82, 2.24) is 0 Å². The van der Waals surface area contributed by atoms with Crippen LogP contribution in [0, 0.1) is 5.38 Å². The Morgan fingerprint density at radius 1 is 0.917 bits per heavy atom. The molecule has 0 aliphatic rings. The molecule has 0 saturated heterocycles. The second-order valence-corrected chi connectivity index (χ2v) is 8.67. The molecule has 0 spiro atoms. The van der Waals surface area contributed by atoms with Crippen LogP contribution in [0.25, 0.3) is 19.5 Å². The molecule has 122 valence electrons. The molecule has 0 nitrogen and oxygen atoms in total. The second kappa shape index (κ2) is 9.99. The minimum atomic E-state index is 0. The van der Waals surface area contributed by atoms with Gasteiger partial charge >= 0.3 is 18.9 Å². The van der Waals surface area contributed by atoms with E-state index < -0.39 is 0 Å². The molecule has 3 aromatic heterocycles. The van der Waals surface area contributed by atoms with Crippen molar-refractivity contribution in [3.8, 4) is 19.5 Å². The van der Waals surface area contributed by atoms with E-state index in [1.807, 2.05) is 22.7 Å². The first-order valence-electron chi connectivity index (χ1n) is 8.49. The predicted octanol–water partition coefficient (Wildman–Crippen LogP) is 4.69. The zero-order valence-electron chi connectivity index (χ0n) is 14.9. The molecule has 0 amide bonds. The summed E-state index contributed by atoms with van der Waals surface area (Å²) >= 11 is 5.63. The molecule has 0 saturated carbocycles. The van der Waals surface area contributed by atoms with E-state index in [0.717, 1.165) is 0 Å². The van der Waals surface area contributed by atoms with Gasteiger partial charge in [-0.05, 0) is 53.1 Å². The van der Waals surface area contributed by atoms with Gasteiger partial charge in [-0.1, -0.05) is 32.8 Å². The Kier molecular flexibility index (Phi) is 8.33. The monoisotopic (exact) mass is 366 g/mol. The Balaban J connectivity index is 0.00000208. The van der Waals surface area contributed by atoms with Gasteiger partial charge in [0.05, 0.1) is 0 Å². The third kappa shape index (κ3) is 4.45. The molecule has 3 aromatic rings. The molecule has 0 atom stereocenters. The molecule has 0 aromatic carbocycles. The molecule has 0 aliphatic carbocycles. The average molecular weight is 367 g/mol. The number of thiophene rings is 3. The summed E-state index contributed by atoms with van der Waals surface area (Å²) in [6, 6.07) is 8.74. The maximum Gasteiger partial charge on any atom is 1.00 e. The van der Waals surface area contributed by atoms with E-state index >= 15 is 0 Å². The van der Waals surface area contributed by atoms with Crippen LogP contribution < -0.4 is 18.9 Å². The van der Waals surface area contributed by atoms with Crippen LogP contribution in [0.1, 0.15) is 50.7 Å². The van der Waals surface area contributed by atoms with Gasteiger partial charge in [0.15, 0.2) is 0 Å². The van der Waals surface area contributed by atoms with Gasteiger partial charge in [-0.15, -0.1) is 32.9 Å². The Bertz CT molecular complexity index is 648. The van der Waals surface area contributed by atoms with Crippen molar-refractivity contribution in [3.63, 3.8) is 0 Å². The Labute approximate surface area is 170 Å². The standard InChI is InChI=1S/C20H23S3.Li/c1-3-5-9-15-16(10-6-4-2)20(18-12-8-14-22-18)23-19(15)17-11-7-13-21-17;/h7-8,11-13H,3-6,9-10H2,1-2H3;/q-1;+1. The molecule has 0 aliphatic heterocycles. The molecule has 0 unspecified atom stereocenters. The summed E-state index contributed by atoms with van der Waals surface area (Å²) in [5, 5.41) is 5.47. The van der Waals surface area contributed by atoms with E-state index in [-0.39, 0.29) is 18.9 Å². The first-order valence-corrected chi connectivity index (χ1v) is 11.0. The van der Waals surface area contributed by atoms with Crippen molar-refractivity contribution in [1.29, 1.82) is 0 Å². The topological polar surface area (TPSA) is 0 Å². The van der Waals surface area contributed by atoms with Crippen LogP contribution in [0.5, 0.6) is 0 Å². The van der Waals surface area contributed by atoms with Crippen molar-refractivity contribution < 1.29 is 18.9 Å². The van der Waals surface area contributed by atoms with Gasteiger partial charge in [0.1, 0.15) is 0 Å². The minimum absolute atomic E-state index is 0. The first kappa shape index (κ1) is 20.0. The van der Waals surface area contributed by atoms with E-state index in [4.69, 9.17) is 0 Å². The zero-order valence-corrected chi connectivity index (χ0v) is 17.3. The Morgan fingerprint density at radius 2 is 1.58 bits per heavy atom. The first-order chi connectivity index (χ1) is 11.3. The molecular weight excluding hydrogens is 343 g/mol. The van der Waals surface area contributed by atoms with Gasteiger partial charge in [0.2, 0.25) is 0 Å². The fourth-order valence-corrected chi connectivity index (χ4v) is 5.97. The third-order valence-corrected chi connectivity index (χ3v) is 7.42. The van der Waals surface area contributed by atoms with Crippen LogP contribution in [-0.2, 0) is 12.8 Å². The largest absolute Gasteiger partial charge is 1.00 e. The maximum absolute atomic E-state index is 3.27. The van der Waals surface area contributed by atoms with Crippen LogP contribution in [0.2, 0.25) is 0 Å². The summed E-state index contributed by atoms with van der Waals surface area (Å²) in [4.78, 5) is 5.84. The number of unbranched alkanes of at least 4 members (excludes halogenated alkanes) is 2. The van der Waals surface area contributed by atoms with E-state index in [9.17, 15) is 0 Å². The summed E-state index contributed by atoms with van der Waals surface area (Å²) in [5.74, 6) is 0. The van der Waals surface area contributed by atoms with Crippen LogP contribution >= 0.6 is 34.0 Å². The zero-order chi connectivity index (χ0) is 16.1. The third-order valence-electron chi connectivity index (χ3n) is 4.12. The molecule has 0 bridgehead atoms. The summed E-state index contributed by atoms with van der Waals surface area (Å²) in [5.41, 5.74) is 3.24. The fraction of sp³-hybridized carbons (Fsp3) is 0.400. The molecule has 0 radical (unpaired) electrons.